The Balaban J connectivity index is 1.69. The van der Waals surface area contributed by atoms with E-state index in [1.807, 2.05) is 24.3 Å². The highest BCUT2D eigenvalue weighted by Crippen LogP contribution is 2.22. The molecular weight excluding hydrogens is 290 g/mol. The molecule has 1 amide bonds. The maximum atomic E-state index is 12.6. The largest absolute Gasteiger partial charge is 0.350 e. The topological polar surface area (TPSA) is 64.3 Å². The normalized spacial score (nSPS) is 19.7. The molecule has 1 atom stereocenters. The third-order valence-electron chi connectivity index (χ3n) is 4.46. The van der Waals surface area contributed by atoms with Gasteiger partial charge in [-0.05, 0) is 25.7 Å². The Morgan fingerprint density at radius 3 is 2.96 bits per heavy atom. The van der Waals surface area contributed by atoms with Gasteiger partial charge in [-0.2, -0.15) is 5.10 Å². The monoisotopic (exact) mass is 313 g/mol. The highest BCUT2D eigenvalue weighted by atomic mass is 16.1. The van der Waals surface area contributed by atoms with Gasteiger partial charge in [0.05, 0.1) is 6.20 Å². The van der Waals surface area contributed by atoms with Crippen molar-refractivity contribution in [2.75, 3.05) is 40.3 Å². The molecule has 2 aromatic rings. The number of H-pyrrole nitrogens is 1. The van der Waals surface area contributed by atoms with E-state index in [1.54, 1.807) is 12.4 Å². The molecule has 0 bridgehead atoms. The van der Waals surface area contributed by atoms with Crippen molar-refractivity contribution in [3.05, 3.63) is 42.2 Å². The number of aromatic amines is 1. The number of aromatic nitrogens is 2. The summed E-state index contributed by atoms with van der Waals surface area (Å²) in [6, 6.07) is 7.97. The molecule has 1 aromatic heterocycles. The molecular formula is C17H23N5O. The zero-order chi connectivity index (χ0) is 16.2. The second-order valence-electron chi connectivity index (χ2n) is 6.14. The average molecular weight is 313 g/mol. The minimum absolute atomic E-state index is 0.0385. The summed E-state index contributed by atoms with van der Waals surface area (Å²) in [5.41, 5.74) is 2.50. The fourth-order valence-corrected chi connectivity index (χ4v) is 2.96. The molecule has 0 saturated carbocycles. The summed E-state index contributed by atoms with van der Waals surface area (Å²) < 4.78 is 0. The molecule has 122 valence electrons. The van der Waals surface area contributed by atoms with Crippen molar-refractivity contribution in [2.45, 2.75) is 6.04 Å². The molecule has 2 heterocycles. The molecule has 0 spiro atoms. The Labute approximate surface area is 136 Å². The van der Waals surface area contributed by atoms with Gasteiger partial charge in [0.2, 0.25) is 0 Å². The van der Waals surface area contributed by atoms with Crippen molar-refractivity contribution in [3.63, 3.8) is 0 Å². The highest BCUT2D eigenvalue weighted by Gasteiger charge is 2.23. The Morgan fingerprint density at radius 2 is 2.17 bits per heavy atom. The van der Waals surface area contributed by atoms with Crippen molar-refractivity contribution in [1.82, 2.24) is 25.3 Å². The Morgan fingerprint density at radius 1 is 1.35 bits per heavy atom. The summed E-state index contributed by atoms with van der Waals surface area (Å²) in [7, 11) is 4.24. The number of nitrogens with one attached hydrogen (secondary N) is 2. The summed E-state index contributed by atoms with van der Waals surface area (Å²) in [4.78, 5) is 17.2. The third kappa shape index (κ3) is 3.60. The standard InChI is InChI=1S/C17H23N5O/c1-21-7-8-22(2)14(12-21)11-18-17(23)16-6-4-3-5-15(16)13-9-19-20-10-13/h3-6,9-10,14H,7-8,11-12H2,1-2H3,(H,18,23)(H,19,20). The van der Waals surface area contributed by atoms with Crippen molar-refractivity contribution in [1.29, 1.82) is 0 Å². The van der Waals surface area contributed by atoms with Crippen LogP contribution >= 0.6 is 0 Å². The summed E-state index contributed by atoms with van der Waals surface area (Å²) in [5, 5.41) is 9.85. The number of hydrogen-bond acceptors (Lipinski definition) is 4. The second-order valence-corrected chi connectivity index (χ2v) is 6.14. The SMILES string of the molecule is CN1CCN(C)C(CNC(=O)c2ccccc2-c2cn[nH]c2)C1. The zero-order valence-electron chi connectivity index (χ0n) is 13.6. The van der Waals surface area contributed by atoms with E-state index in [1.165, 1.54) is 0 Å². The Hall–Kier alpha value is -2.18. The predicted molar refractivity (Wildman–Crippen MR) is 90.3 cm³/mol. The first-order valence-electron chi connectivity index (χ1n) is 7.90. The number of carbonyl (C=O) groups is 1. The van der Waals surface area contributed by atoms with Crippen LogP contribution in [0.15, 0.2) is 36.7 Å². The summed E-state index contributed by atoms with van der Waals surface area (Å²) in [5.74, 6) is -0.0385. The number of piperazine rings is 1. The van der Waals surface area contributed by atoms with Crippen LogP contribution in [0.1, 0.15) is 10.4 Å². The van der Waals surface area contributed by atoms with E-state index in [0.717, 1.165) is 30.8 Å². The van der Waals surface area contributed by atoms with E-state index in [9.17, 15) is 4.79 Å². The number of benzene rings is 1. The lowest BCUT2D eigenvalue weighted by Gasteiger charge is -2.37. The molecule has 1 fully saturated rings. The Bertz CT molecular complexity index is 655. The molecule has 1 unspecified atom stereocenters. The fourth-order valence-electron chi connectivity index (χ4n) is 2.96. The molecule has 1 aromatic carbocycles. The van der Waals surface area contributed by atoms with Gasteiger partial charge in [0.1, 0.15) is 0 Å². The first-order chi connectivity index (χ1) is 11.1. The van der Waals surface area contributed by atoms with Crippen molar-refractivity contribution in [2.24, 2.45) is 0 Å². The van der Waals surface area contributed by atoms with Crippen molar-refractivity contribution in [3.8, 4) is 11.1 Å². The quantitative estimate of drug-likeness (QED) is 0.886. The smallest absolute Gasteiger partial charge is 0.251 e. The van der Waals surface area contributed by atoms with Crippen LogP contribution in [0.2, 0.25) is 0 Å². The second kappa shape index (κ2) is 6.93. The van der Waals surface area contributed by atoms with Crippen molar-refractivity contribution >= 4 is 5.91 Å². The zero-order valence-corrected chi connectivity index (χ0v) is 13.6. The minimum atomic E-state index is -0.0385. The molecule has 6 heteroatoms. The number of carbonyl (C=O) groups excluding carboxylic acids is 1. The molecule has 3 rings (SSSR count). The third-order valence-corrected chi connectivity index (χ3v) is 4.46. The van der Waals surface area contributed by atoms with Crippen LogP contribution in [0.3, 0.4) is 0 Å². The molecule has 1 saturated heterocycles. The van der Waals surface area contributed by atoms with Crippen LogP contribution in [0.5, 0.6) is 0 Å². The molecule has 0 aliphatic carbocycles. The summed E-state index contributed by atoms with van der Waals surface area (Å²) >= 11 is 0. The highest BCUT2D eigenvalue weighted by molar-refractivity contribution is 6.00. The molecule has 1 aliphatic heterocycles. The average Bonchev–Trinajstić information content (AvgIpc) is 3.10. The van der Waals surface area contributed by atoms with Gasteiger partial charge in [-0.1, -0.05) is 18.2 Å². The fraction of sp³-hybridized carbons (Fsp3) is 0.412. The van der Waals surface area contributed by atoms with E-state index in [2.05, 4.69) is 39.4 Å². The van der Waals surface area contributed by atoms with E-state index < -0.39 is 0 Å². The maximum Gasteiger partial charge on any atom is 0.251 e. The number of amides is 1. The van der Waals surface area contributed by atoms with Gasteiger partial charge in [0.25, 0.3) is 5.91 Å². The van der Waals surface area contributed by atoms with Crippen LogP contribution in [-0.2, 0) is 0 Å². The van der Waals surface area contributed by atoms with Crippen LogP contribution in [-0.4, -0.2) is 72.2 Å². The number of likely N-dealkylation sites (N-methyl/N-ethyl adjacent to an activating group) is 2. The lowest BCUT2D eigenvalue weighted by molar-refractivity contribution is 0.0881. The van der Waals surface area contributed by atoms with E-state index in [4.69, 9.17) is 0 Å². The van der Waals surface area contributed by atoms with E-state index in [0.29, 0.717) is 18.2 Å². The van der Waals surface area contributed by atoms with Gasteiger partial charge in [-0.15, -0.1) is 0 Å². The van der Waals surface area contributed by atoms with Gasteiger partial charge in [-0.25, -0.2) is 0 Å². The molecule has 23 heavy (non-hydrogen) atoms. The van der Waals surface area contributed by atoms with Crippen LogP contribution in [0, 0.1) is 0 Å². The first-order valence-corrected chi connectivity index (χ1v) is 7.90. The lowest BCUT2D eigenvalue weighted by atomic mass is 10.0. The summed E-state index contributed by atoms with van der Waals surface area (Å²) in [6.07, 6.45) is 3.53. The molecule has 2 N–H and O–H groups in total. The van der Waals surface area contributed by atoms with Gasteiger partial charge >= 0.3 is 0 Å². The first kappa shape index (κ1) is 15.7. The minimum Gasteiger partial charge on any atom is -0.350 e. The van der Waals surface area contributed by atoms with Crippen LogP contribution < -0.4 is 5.32 Å². The van der Waals surface area contributed by atoms with E-state index >= 15 is 0 Å². The molecule has 1 aliphatic rings. The van der Waals surface area contributed by atoms with Crippen molar-refractivity contribution < 1.29 is 4.79 Å². The van der Waals surface area contributed by atoms with E-state index in [-0.39, 0.29) is 5.91 Å². The molecule has 0 radical (unpaired) electrons. The predicted octanol–water partition coefficient (Wildman–Crippen LogP) is 1.05. The number of hydrogen-bond donors (Lipinski definition) is 2. The lowest BCUT2D eigenvalue weighted by Crippen LogP contribution is -2.54. The van der Waals surface area contributed by atoms with Gasteiger partial charge in [0.15, 0.2) is 0 Å². The molecule has 6 nitrogen and oxygen atoms in total. The van der Waals surface area contributed by atoms with Gasteiger partial charge in [0, 0.05) is 49.5 Å². The number of rotatable bonds is 4. The van der Waals surface area contributed by atoms with Gasteiger partial charge in [-0.3, -0.25) is 14.8 Å². The number of nitrogens with zero attached hydrogens (tertiary/aromatic N) is 3. The van der Waals surface area contributed by atoms with Gasteiger partial charge < -0.3 is 10.2 Å². The van der Waals surface area contributed by atoms with Crippen LogP contribution in [0.4, 0.5) is 0 Å². The maximum absolute atomic E-state index is 12.6. The summed E-state index contributed by atoms with van der Waals surface area (Å²) in [6.45, 7) is 3.73. The Kier molecular flexibility index (Phi) is 4.73. The van der Waals surface area contributed by atoms with Crippen LogP contribution in [0.25, 0.3) is 11.1 Å².